The Morgan fingerprint density at radius 2 is 1.81 bits per heavy atom. The Labute approximate surface area is 93.6 Å². The summed E-state index contributed by atoms with van der Waals surface area (Å²) >= 11 is 0. The van der Waals surface area contributed by atoms with E-state index in [0.717, 1.165) is 6.07 Å². The van der Waals surface area contributed by atoms with E-state index in [0.29, 0.717) is 12.2 Å². The predicted octanol–water partition coefficient (Wildman–Crippen LogP) is 2.40. The number of halogens is 2. The van der Waals surface area contributed by atoms with E-state index in [1.807, 2.05) is 13.8 Å². The maximum atomic E-state index is 13.1. The molecule has 1 fully saturated rings. The van der Waals surface area contributed by atoms with Crippen LogP contribution in [0.1, 0.15) is 25.5 Å². The molecular formula is C12H15F2NO. The monoisotopic (exact) mass is 227 g/mol. The van der Waals surface area contributed by atoms with Gasteiger partial charge in [0, 0.05) is 18.2 Å². The van der Waals surface area contributed by atoms with Gasteiger partial charge in [0.25, 0.3) is 0 Å². The minimum atomic E-state index is -0.565. The summed E-state index contributed by atoms with van der Waals surface area (Å²) in [6.07, 6.45) is -0.290. The molecule has 4 heteroatoms. The molecule has 2 nitrogen and oxygen atoms in total. The lowest BCUT2D eigenvalue weighted by Gasteiger charge is -2.34. The number of rotatable bonds is 1. The Kier molecular flexibility index (Phi) is 3.21. The Morgan fingerprint density at radius 3 is 2.38 bits per heavy atom. The van der Waals surface area contributed by atoms with E-state index in [1.54, 1.807) is 0 Å². The molecule has 0 saturated carbocycles. The third-order valence-electron chi connectivity index (χ3n) is 2.74. The minimum absolute atomic E-state index is 0.0462. The van der Waals surface area contributed by atoms with Crippen LogP contribution < -0.4 is 5.32 Å². The van der Waals surface area contributed by atoms with Crippen molar-refractivity contribution in [3.05, 3.63) is 35.4 Å². The second kappa shape index (κ2) is 4.47. The average molecular weight is 227 g/mol. The molecule has 0 aromatic heterocycles. The molecule has 0 bridgehead atoms. The van der Waals surface area contributed by atoms with Crippen molar-refractivity contribution in [1.82, 2.24) is 5.32 Å². The maximum absolute atomic E-state index is 13.1. The van der Waals surface area contributed by atoms with Gasteiger partial charge in [-0.15, -0.1) is 0 Å². The first-order valence-electron chi connectivity index (χ1n) is 5.40. The maximum Gasteiger partial charge on any atom is 0.126 e. The molecule has 1 saturated heterocycles. The molecule has 1 aliphatic rings. The first-order chi connectivity index (χ1) is 7.56. The first kappa shape index (κ1) is 11.5. The van der Waals surface area contributed by atoms with Crippen LogP contribution in [0.3, 0.4) is 0 Å². The lowest BCUT2D eigenvalue weighted by atomic mass is 10.0. The summed E-state index contributed by atoms with van der Waals surface area (Å²) in [6, 6.07) is 3.83. The van der Waals surface area contributed by atoms with Gasteiger partial charge in [0.15, 0.2) is 0 Å². The van der Waals surface area contributed by atoms with Crippen molar-refractivity contribution in [1.29, 1.82) is 0 Å². The van der Waals surface area contributed by atoms with E-state index in [9.17, 15) is 8.78 Å². The lowest BCUT2D eigenvalue weighted by Crippen LogP contribution is -2.47. The molecule has 1 aromatic rings. The van der Waals surface area contributed by atoms with E-state index in [1.165, 1.54) is 12.1 Å². The van der Waals surface area contributed by atoms with E-state index < -0.39 is 11.6 Å². The van der Waals surface area contributed by atoms with Gasteiger partial charge in [-0.05, 0) is 31.5 Å². The normalized spacial score (nSPS) is 30.4. The Bertz CT molecular complexity index is 363. The van der Waals surface area contributed by atoms with Gasteiger partial charge in [-0.1, -0.05) is 0 Å². The second-order valence-electron chi connectivity index (χ2n) is 4.31. The Balaban J connectivity index is 2.23. The van der Waals surface area contributed by atoms with Crippen LogP contribution in [0.4, 0.5) is 8.78 Å². The SMILES string of the molecule is C[C@H]1CO[C@H](c2cc(F)cc(F)c2)[C@@H](C)N1. The predicted molar refractivity (Wildman–Crippen MR) is 57.1 cm³/mol. The molecule has 0 aliphatic carbocycles. The van der Waals surface area contributed by atoms with Crippen LogP contribution in [0.15, 0.2) is 18.2 Å². The topological polar surface area (TPSA) is 21.3 Å². The zero-order chi connectivity index (χ0) is 11.7. The van der Waals surface area contributed by atoms with Crippen LogP contribution >= 0.6 is 0 Å². The highest BCUT2D eigenvalue weighted by molar-refractivity contribution is 5.22. The Morgan fingerprint density at radius 1 is 1.19 bits per heavy atom. The smallest absolute Gasteiger partial charge is 0.126 e. The first-order valence-corrected chi connectivity index (χ1v) is 5.40. The fraction of sp³-hybridized carbons (Fsp3) is 0.500. The Hall–Kier alpha value is -1.00. The summed E-state index contributed by atoms with van der Waals surface area (Å²) < 4.78 is 31.7. The number of hydrogen-bond donors (Lipinski definition) is 1. The van der Waals surface area contributed by atoms with Gasteiger partial charge in [0.1, 0.15) is 11.6 Å². The van der Waals surface area contributed by atoms with Crippen LogP contribution in [0.2, 0.25) is 0 Å². The molecular weight excluding hydrogens is 212 g/mol. The van der Waals surface area contributed by atoms with Crippen molar-refractivity contribution in [2.45, 2.75) is 32.0 Å². The second-order valence-corrected chi connectivity index (χ2v) is 4.31. The summed E-state index contributed by atoms with van der Waals surface area (Å²) in [4.78, 5) is 0. The van der Waals surface area contributed by atoms with Gasteiger partial charge in [-0.25, -0.2) is 8.78 Å². The summed E-state index contributed by atoms with van der Waals surface area (Å²) in [5.41, 5.74) is 0.546. The van der Waals surface area contributed by atoms with Gasteiger partial charge < -0.3 is 10.1 Å². The van der Waals surface area contributed by atoms with E-state index in [2.05, 4.69) is 5.32 Å². The van der Waals surface area contributed by atoms with Gasteiger partial charge in [0.2, 0.25) is 0 Å². The quantitative estimate of drug-likeness (QED) is 0.795. The van der Waals surface area contributed by atoms with Crippen molar-refractivity contribution >= 4 is 0 Å². The highest BCUT2D eigenvalue weighted by Crippen LogP contribution is 2.26. The summed E-state index contributed by atoms with van der Waals surface area (Å²) in [5, 5.41) is 3.30. The van der Waals surface area contributed by atoms with Gasteiger partial charge in [0.05, 0.1) is 12.7 Å². The third kappa shape index (κ3) is 2.39. The van der Waals surface area contributed by atoms with E-state index in [-0.39, 0.29) is 18.2 Å². The van der Waals surface area contributed by atoms with Crippen LogP contribution in [-0.2, 0) is 4.74 Å². The van der Waals surface area contributed by atoms with E-state index >= 15 is 0 Å². The van der Waals surface area contributed by atoms with Crippen molar-refractivity contribution in [3.63, 3.8) is 0 Å². The number of benzene rings is 1. The van der Waals surface area contributed by atoms with Crippen LogP contribution in [0.25, 0.3) is 0 Å². The van der Waals surface area contributed by atoms with Gasteiger partial charge in [-0.2, -0.15) is 0 Å². The highest BCUT2D eigenvalue weighted by atomic mass is 19.1. The molecule has 1 aliphatic heterocycles. The number of ether oxygens (including phenoxy) is 1. The zero-order valence-corrected chi connectivity index (χ0v) is 9.34. The largest absolute Gasteiger partial charge is 0.370 e. The fourth-order valence-electron chi connectivity index (χ4n) is 2.10. The van der Waals surface area contributed by atoms with E-state index in [4.69, 9.17) is 4.74 Å². The molecule has 2 rings (SSSR count). The molecule has 88 valence electrons. The highest BCUT2D eigenvalue weighted by Gasteiger charge is 2.27. The number of morpholine rings is 1. The molecule has 0 radical (unpaired) electrons. The number of hydrogen-bond acceptors (Lipinski definition) is 2. The summed E-state index contributed by atoms with van der Waals surface area (Å²) in [6.45, 7) is 4.51. The minimum Gasteiger partial charge on any atom is -0.370 e. The lowest BCUT2D eigenvalue weighted by molar-refractivity contribution is -0.0209. The van der Waals surface area contributed by atoms with Crippen LogP contribution in [-0.4, -0.2) is 18.7 Å². The average Bonchev–Trinajstić information content (AvgIpc) is 2.15. The van der Waals surface area contributed by atoms with Gasteiger partial charge in [-0.3, -0.25) is 0 Å². The molecule has 0 amide bonds. The molecule has 1 aromatic carbocycles. The molecule has 0 unspecified atom stereocenters. The number of nitrogens with one attached hydrogen (secondary N) is 1. The fourth-order valence-corrected chi connectivity index (χ4v) is 2.10. The molecule has 1 heterocycles. The van der Waals surface area contributed by atoms with Crippen LogP contribution in [0.5, 0.6) is 0 Å². The zero-order valence-electron chi connectivity index (χ0n) is 9.34. The van der Waals surface area contributed by atoms with Crippen molar-refractivity contribution in [2.24, 2.45) is 0 Å². The van der Waals surface area contributed by atoms with Crippen molar-refractivity contribution < 1.29 is 13.5 Å². The molecule has 1 N–H and O–H groups in total. The van der Waals surface area contributed by atoms with Crippen molar-refractivity contribution in [3.8, 4) is 0 Å². The molecule has 3 atom stereocenters. The summed E-state index contributed by atoms with van der Waals surface area (Å²) in [5.74, 6) is -1.13. The molecule has 16 heavy (non-hydrogen) atoms. The van der Waals surface area contributed by atoms with Gasteiger partial charge >= 0.3 is 0 Å². The van der Waals surface area contributed by atoms with Crippen molar-refractivity contribution in [2.75, 3.05) is 6.61 Å². The molecule has 0 spiro atoms. The standard InChI is InChI=1S/C12H15F2NO/c1-7-6-16-12(8(2)15-7)9-3-10(13)5-11(14)4-9/h3-5,7-8,12,15H,6H2,1-2H3/t7-,8+,12-/m0/s1. The third-order valence-corrected chi connectivity index (χ3v) is 2.74. The summed E-state index contributed by atoms with van der Waals surface area (Å²) in [7, 11) is 0. The van der Waals surface area contributed by atoms with Crippen LogP contribution in [0, 0.1) is 11.6 Å².